The topological polar surface area (TPSA) is 90.4 Å². The first-order chi connectivity index (χ1) is 18.1. The van der Waals surface area contributed by atoms with Crippen molar-refractivity contribution < 1.29 is 24.2 Å². The van der Waals surface area contributed by atoms with E-state index in [1.54, 1.807) is 33.9 Å². The van der Waals surface area contributed by atoms with Crippen molar-refractivity contribution in [2.24, 2.45) is 11.8 Å². The number of carbonyl (C=O) groups is 3. The summed E-state index contributed by atoms with van der Waals surface area (Å²) < 4.78 is 6.74. The van der Waals surface area contributed by atoms with Gasteiger partial charge in [-0.3, -0.25) is 14.4 Å². The van der Waals surface area contributed by atoms with Gasteiger partial charge in [0.1, 0.15) is 11.6 Å². The number of hydrogen-bond acceptors (Lipinski definition) is 5. The molecule has 38 heavy (non-hydrogen) atoms. The van der Waals surface area contributed by atoms with Gasteiger partial charge in [0.25, 0.3) is 5.91 Å². The first-order valence-electron chi connectivity index (χ1n) is 13.5. The fraction of sp³-hybridized carbons (Fsp3) is 0.567. The minimum Gasteiger partial charge on any atom is -0.396 e. The Bertz CT molecular complexity index is 1110. The van der Waals surface area contributed by atoms with Crippen LogP contribution in [0.3, 0.4) is 0 Å². The third kappa shape index (κ3) is 4.28. The van der Waals surface area contributed by atoms with E-state index < -0.39 is 29.1 Å². The molecule has 2 bridgehead atoms. The van der Waals surface area contributed by atoms with E-state index in [2.05, 4.69) is 13.2 Å². The standard InChI is InChI=1S/C30H41N3O5/c1-7-16-31(6)26(35)22-23-27(36)33(18-9-10-19-34)25(30(23)15-14-29(22,5)38-30)28(37)32(17-8-2)24-20(3)12-11-13-21(24)4/h7-8,11-13,22-23,25,34H,1-2,9-10,14-19H2,3-6H3/t22-,23+,25?,29+,30?/m1/s1. The molecular formula is C30H41N3O5. The highest BCUT2D eigenvalue weighted by atomic mass is 16.5. The Balaban J connectivity index is 1.82. The summed E-state index contributed by atoms with van der Waals surface area (Å²) >= 11 is 0. The Labute approximate surface area is 225 Å². The van der Waals surface area contributed by atoms with Crippen molar-refractivity contribution >= 4 is 23.4 Å². The molecule has 3 heterocycles. The van der Waals surface area contributed by atoms with E-state index in [-0.39, 0.29) is 30.9 Å². The van der Waals surface area contributed by atoms with Crippen molar-refractivity contribution in [2.75, 3.05) is 38.2 Å². The molecular weight excluding hydrogens is 482 g/mol. The average molecular weight is 524 g/mol. The average Bonchev–Trinajstić information content (AvgIpc) is 3.43. The number of para-hydroxylation sites is 1. The van der Waals surface area contributed by atoms with Crippen molar-refractivity contribution in [1.29, 1.82) is 0 Å². The van der Waals surface area contributed by atoms with Gasteiger partial charge in [-0.05, 0) is 57.6 Å². The van der Waals surface area contributed by atoms with Crippen LogP contribution in [-0.4, -0.2) is 83.2 Å². The molecule has 1 aromatic carbocycles. The van der Waals surface area contributed by atoms with Gasteiger partial charge in [0.15, 0.2) is 0 Å². The summed E-state index contributed by atoms with van der Waals surface area (Å²) in [7, 11) is 1.71. The highest BCUT2D eigenvalue weighted by molar-refractivity contribution is 6.05. The number of anilines is 1. The minimum absolute atomic E-state index is 0.00222. The quantitative estimate of drug-likeness (QED) is 0.356. The van der Waals surface area contributed by atoms with Gasteiger partial charge in [-0.25, -0.2) is 0 Å². The maximum Gasteiger partial charge on any atom is 0.253 e. The van der Waals surface area contributed by atoms with Gasteiger partial charge in [0.05, 0.1) is 17.4 Å². The molecule has 3 aliphatic heterocycles. The molecule has 8 nitrogen and oxygen atoms in total. The maximum absolute atomic E-state index is 14.6. The molecule has 0 saturated carbocycles. The van der Waals surface area contributed by atoms with Crippen molar-refractivity contribution in [3.05, 3.63) is 54.6 Å². The Morgan fingerprint density at radius 1 is 1.13 bits per heavy atom. The van der Waals surface area contributed by atoms with Crippen LogP contribution < -0.4 is 4.90 Å². The minimum atomic E-state index is -1.09. The molecule has 4 rings (SSSR count). The van der Waals surface area contributed by atoms with Gasteiger partial charge in [-0.1, -0.05) is 30.4 Å². The zero-order valence-corrected chi connectivity index (χ0v) is 23.1. The fourth-order valence-corrected chi connectivity index (χ4v) is 7.04. The molecule has 0 aromatic heterocycles. The van der Waals surface area contributed by atoms with Crippen LogP contribution in [-0.2, 0) is 19.1 Å². The molecule has 3 fully saturated rings. The van der Waals surface area contributed by atoms with E-state index in [4.69, 9.17) is 4.74 Å². The molecule has 1 aromatic rings. The summed E-state index contributed by atoms with van der Waals surface area (Å²) in [6.45, 7) is 14.4. The zero-order valence-electron chi connectivity index (χ0n) is 23.1. The summed E-state index contributed by atoms with van der Waals surface area (Å²) in [5, 5.41) is 9.40. The normalized spacial score (nSPS) is 29.3. The molecule has 0 aliphatic carbocycles. The van der Waals surface area contributed by atoms with Crippen molar-refractivity contribution in [2.45, 2.75) is 63.7 Å². The third-order valence-electron chi connectivity index (χ3n) is 8.65. The number of unbranched alkanes of at least 4 members (excludes halogenated alkanes) is 1. The summed E-state index contributed by atoms with van der Waals surface area (Å²) in [4.78, 5) is 47.4. The second-order valence-electron chi connectivity index (χ2n) is 11.2. The Hall–Kier alpha value is -2.97. The van der Waals surface area contributed by atoms with Gasteiger partial charge >= 0.3 is 0 Å². The number of aliphatic hydroxyl groups excluding tert-OH is 1. The lowest BCUT2D eigenvalue weighted by Gasteiger charge is -2.37. The smallest absolute Gasteiger partial charge is 0.253 e. The zero-order chi connectivity index (χ0) is 27.8. The highest BCUT2D eigenvalue weighted by Gasteiger charge is 2.78. The summed E-state index contributed by atoms with van der Waals surface area (Å²) in [5.41, 5.74) is 0.788. The molecule has 8 heteroatoms. The predicted octanol–water partition coefficient (Wildman–Crippen LogP) is 3.00. The molecule has 206 valence electrons. The number of aryl methyl sites for hydroxylation is 2. The van der Waals surface area contributed by atoms with E-state index in [1.807, 2.05) is 39.0 Å². The van der Waals surface area contributed by atoms with E-state index >= 15 is 0 Å². The number of benzene rings is 1. The molecule has 3 saturated heterocycles. The lowest BCUT2D eigenvalue weighted by atomic mass is 9.66. The molecule has 3 amide bonds. The van der Waals surface area contributed by atoms with Gasteiger partial charge < -0.3 is 24.5 Å². The van der Waals surface area contributed by atoms with E-state index in [0.717, 1.165) is 16.8 Å². The molecule has 3 aliphatic rings. The van der Waals surface area contributed by atoms with Crippen molar-refractivity contribution in [3.8, 4) is 0 Å². The van der Waals surface area contributed by atoms with Crippen LogP contribution >= 0.6 is 0 Å². The molecule has 5 atom stereocenters. The Morgan fingerprint density at radius 3 is 2.39 bits per heavy atom. The fourth-order valence-electron chi connectivity index (χ4n) is 7.04. The maximum atomic E-state index is 14.6. The second-order valence-corrected chi connectivity index (χ2v) is 11.2. The lowest BCUT2D eigenvalue weighted by molar-refractivity contribution is -0.149. The number of likely N-dealkylation sites (N-methyl/N-ethyl adjacent to an activating group) is 1. The van der Waals surface area contributed by atoms with Gasteiger partial charge in [0, 0.05) is 39.0 Å². The molecule has 2 unspecified atom stereocenters. The van der Waals surface area contributed by atoms with E-state index in [9.17, 15) is 19.5 Å². The van der Waals surface area contributed by atoms with Gasteiger partial charge in [-0.2, -0.15) is 0 Å². The second kappa shape index (κ2) is 10.7. The first-order valence-corrected chi connectivity index (χ1v) is 13.5. The third-order valence-corrected chi connectivity index (χ3v) is 8.65. The largest absolute Gasteiger partial charge is 0.396 e. The molecule has 1 N–H and O–H groups in total. The number of hydrogen-bond donors (Lipinski definition) is 1. The lowest BCUT2D eigenvalue weighted by Crippen LogP contribution is -2.57. The number of amides is 3. The summed E-state index contributed by atoms with van der Waals surface area (Å²) in [6, 6.07) is 5.02. The van der Waals surface area contributed by atoms with Crippen LogP contribution in [0.2, 0.25) is 0 Å². The number of fused-ring (bicyclic) bond motifs is 1. The van der Waals surface area contributed by atoms with Crippen molar-refractivity contribution in [3.63, 3.8) is 0 Å². The van der Waals surface area contributed by atoms with E-state index in [1.165, 1.54) is 0 Å². The van der Waals surface area contributed by atoms with Gasteiger partial charge in [0.2, 0.25) is 11.8 Å². The van der Waals surface area contributed by atoms with Crippen molar-refractivity contribution in [1.82, 2.24) is 9.80 Å². The monoisotopic (exact) mass is 523 g/mol. The van der Waals surface area contributed by atoms with Crippen LogP contribution in [0.1, 0.15) is 43.7 Å². The highest BCUT2D eigenvalue weighted by Crippen LogP contribution is 2.63. The van der Waals surface area contributed by atoms with Crippen LogP contribution in [0.5, 0.6) is 0 Å². The SMILES string of the molecule is C=CCN(C)C(=O)[C@H]1[C@H]2C(=O)N(CCCCO)C(C(=O)N(CC=C)c3c(C)cccc3C)C23CC[C@]1(C)O3. The number of nitrogens with zero attached hydrogens (tertiary/aromatic N) is 3. The number of rotatable bonds is 11. The number of aliphatic hydroxyl groups is 1. The summed E-state index contributed by atoms with van der Waals surface area (Å²) in [5.74, 6) is -2.02. The predicted molar refractivity (Wildman–Crippen MR) is 147 cm³/mol. The van der Waals surface area contributed by atoms with Crippen LogP contribution in [0.15, 0.2) is 43.5 Å². The number of ether oxygens (including phenoxy) is 1. The molecule has 1 spiro atoms. The molecule has 0 radical (unpaired) electrons. The Morgan fingerprint density at radius 2 is 1.79 bits per heavy atom. The first kappa shape index (κ1) is 28.0. The summed E-state index contributed by atoms with van der Waals surface area (Å²) in [6.07, 6.45) is 5.53. The number of likely N-dealkylation sites (tertiary alicyclic amines) is 1. The van der Waals surface area contributed by atoms with E-state index in [0.29, 0.717) is 38.8 Å². The van der Waals surface area contributed by atoms with Crippen LogP contribution in [0, 0.1) is 25.7 Å². The van der Waals surface area contributed by atoms with Crippen LogP contribution in [0.25, 0.3) is 0 Å². The number of carbonyl (C=O) groups excluding carboxylic acids is 3. The van der Waals surface area contributed by atoms with Gasteiger partial charge in [-0.15, -0.1) is 13.2 Å². The van der Waals surface area contributed by atoms with Crippen LogP contribution in [0.4, 0.5) is 5.69 Å². The Kier molecular flexibility index (Phi) is 7.86.